The molecule has 0 radical (unpaired) electrons. The van der Waals surface area contributed by atoms with Crippen LogP contribution >= 0.6 is 0 Å². The minimum absolute atomic E-state index is 0.120. The average molecular weight is 445 g/mol. The summed E-state index contributed by atoms with van der Waals surface area (Å²) in [5.41, 5.74) is 2.98. The van der Waals surface area contributed by atoms with Gasteiger partial charge in [-0.2, -0.15) is 0 Å². The fraction of sp³-hybridized carbons (Fsp3) is 0.640. The SMILES string of the molecule is O=C(c1ccc2c(C3CCN(CC(F)F)CC3)c[nH]c2c1)N1CCN(C2CCCC2)CC1. The van der Waals surface area contributed by atoms with Crippen LogP contribution in [0.4, 0.5) is 8.78 Å². The highest BCUT2D eigenvalue weighted by atomic mass is 19.3. The molecule has 3 fully saturated rings. The van der Waals surface area contributed by atoms with Crippen LogP contribution < -0.4 is 0 Å². The first-order valence-electron chi connectivity index (χ1n) is 12.2. The lowest BCUT2D eigenvalue weighted by Gasteiger charge is -2.38. The summed E-state index contributed by atoms with van der Waals surface area (Å²) in [4.78, 5) is 22.9. The van der Waals surface area contributed by atoms with E-state index in [4.69, 9.17) is 0 Å². The molecule has 2 aromatic rings. The van der Waals surface area contributed by atoms with Gasteiger partial charge in [0.15, 0.2) is 0 Å². The number of carbonyl (C=O) groups is 1. The molecule has 1 N–H and O–H groups in total. The highest BCUT2D eigenvalue weighted by Gasteiger charge is 2.29. The van der Waals surface area contributed by atoms with Crippen LogP contribution in [0.5, 0.6) is 0 Å². The van der Waals surface area contributed by atoms with Gasteiger partial charge in [-0.15, -0.1) is 0 Å². The molecular weight excluding hydrogens is 410 g/mol. The molecule has 0 bridgehead atoms. The highest BCUT2D eigenvalue weighted by molar-refractivity contribution is 5.98. The van der Waals surface area contributed by atoms with Gasteiger partial charge in [-0.3, -0.25) is 14.6 Å². The Kier molecular flexibility index (Phi) is 6.47. The number of carbonyl (C=O) groups excluding carboxylic acids is 1. The fourth-order valence-electron chi connectivity index (χ4n) is 5.98. The maximum absolute atomic E-state index is 13.1. The zero-order valence-electron chi connectivity index (χ0n) is 18.7. The maximum atomic E-state index is 13.1. The predicted molar refractivity (Wildman–Crippen MR) is 122 cm³/mol. The third-order valence-electron chi connectivity index (χ3n) is 7.83. The molecule has 3 aliphatic rings. The molecule has 5 rings (SSSR count). The predicted octanol–water partition coefficient (Wildman–Crippen LogP) is 4.31. The van der Waals surface area contributed by atoms with Crippen LogP contribution in [0.1, 0.15) is 60.4 Å². The van der Waals surface area contributed by atoms with Crippen LogP contribution in [0.2, 0.25) is 0 Å². The van der Waals surface area contributed by atoms with Crippen LogP contribution in [0.25, 0.3) is 10.9 Å². The number of fused-ring (bicyclic) bond motifs is 1. The number of piperazine rings is 1. The molecule has 0 spiro atoms. The zero-order chi connectivity index (χ0) is 22.1. The van der Waals surface area contributed by atoms with Crippen molar-refractivity contribution in [1.29, 1.82) is 0 Å². The summed E-state index contributed by atoms with van der Waals surface area (Å²) in [5, 5.41) is 1.15. The molecule has 0 unspecified atom stereocenters. The second kappa shape index (κ2) is 9.48. The van der Waals surface area contributed by atoms with Gasteiger partial charge in [-0.05, 0) is 62.4 Å². The number of aromatic nitrogens is 1. The Balaban J connectivity index is 1.22. The lowest BCUT2D eigenvalue weighted by atomic mass is 9.89. The molecule has 2 aliphatic heterocycles. The summed E-state index contributed by atoms with van der Waals surface area (Å²) >= 11 is 0. The Bertz CT molecular complexity index is 923. The number of H-pyrrole nitrogens is 1. The third kappa shape index (κ3) is 4.55. The second-order valence-corrected chi connectivity index (χ2v) is 9.74. The Morgan fingerprint density at radius 2 is 1.72 bits per heavy atom. The average Bonchev–Trinajstić information content (AvgIpc) is 3.49. The van der Waals surface area contributed by atoms with E-state index in [-0.39, 0.29) is 12.5 Å². The van der Waals surface area contributed by atoms with Gasteiger partial charge >= 0.3 is 0 Å². The molecule has 5 nitrogen and oxygen atoms in total. The van der Waals surface area contributed by atoms with Gasteiger partial charge in [0, 0.05) is 54.9 Å². The summed E-state index contributed by atoms with van der Waals surface area (Å²) < 4.78 is 25.3. The molecule has 0 atom stereocenters. The molecule has 1 saturated carbocycles. The molecule has 174 valence electrons. The smallest absolute Gasteiger partial charge is 0.254 e. The number of rotatable bonds is 5. The first kappa shape index (κ1) is 21.8. The van der Waals surface area contributed by atoms with Crippen molar-refractivity contribution in [1.82, 2.24) is 19.7 Å². The van der Waals surface area contributed by atoms with Crippen LogP contribution in [0, 0.1) is 0 Å². The molecule has 1 amide bonds. The van der Waals surface area contributed by atoms with E-state index in [1.165, 1.54) is 31.2 Å². The summed E-state index contributed by atoms with van der Waals surface area (Å²) in [6.45, 7) is 4.88. The normalized spacial score (nSPS) is 22.4. The summed E-state index contributed by atoms with van der Waals surface area (Å²) in [7, 11) is 0. The van der Waals surface area contributed by atoms with E-state index in [1.54, 1.807) is 0 Å². The number of benzene rings is 1. The molecule has 1 aromatic carbocycles. The molecule has 1 aromatic heterocycles. The Labute approximate surface area is 188 Å². The first-order valence-corrected chi connectivity index (χ1v) is 12.2. The van der Waals surface area contributed by atoms with Crippen LogP contribution in [-0.2, 0) is 0 Å². The quantitative estimate of drug-likeness (QED) is 0.747. The number of nitrogens with one attached hydrogen (secondary N) is 1. The van der Waals surface area contributed by atoms with E-state index < -0.39 is 6.43 Å². The van der Waals surface area contributed by atoms with Gasteiger partial charge in [0.1, 0.15) is 0 Å². The molecule has 32 heavy (non-hydrogen) atoms. The van der Waals surface area contributed by atoms with Crippen molar-refractivity contribution in [2.45, 2.75) is 56.9 Å². The largest absolute Gasteiger partial charge is 0.361 e. The van der Waals surface area contributed by atoms with Gasteiger partial charge in [-0.25, -0.2) is 8.78 Å². The van der Waals surface area contributed by atoms with Crippen molar-refractivity contribution >= 4 is 16.8 Å². The van der Waals surface area contributed by atoms with Gasteiger partial charge in [0.2, 0.25) is 0 Å². The summed E-state index contributed by atoms with van der Waals surface area (Å²) in [5.74, 6) is 0.498. The maximum Gasteiger partial charge on any atom is 0.254 e. The van der Waals surface area contributed by atoms with Gasteiger partial charge in [0.25, 0.3) is 12.3 Å². The highest BCUT2D eigenvalue weighted by Crippen LogP contribution is 2.34. The Hall–Kier alpha value is -1.99. The number of piperidine rings is 1. The van der Waals surface area contributed by atoms with Gasteiger partial charge in [0.05, 0.1) is 6.54 Å². The van der Waals surface area contributed by atoms with Crippen LogP contribution in [-0.4, -0.2) is 83.9 Å². The third-order valence-corrected chi connectivity index (χ3v) is 7.83. The standard InChI is InChI=1S/C25H34F2N4O/c26-24(27)17-29-9-7-18(8-10-29)22-16-28-23-15-19(5-6-21(22)23)25(32)31-13-11-30(12-14-31)20-3-1-2-4-20/h5-6,15-16,18,20,24,28H,1-4,7-14,17H2. The van der Waals surface area contributed by atoms with E-state index >= 15 is 0 Å². The van der Waals surface area contributed by atoms with Gasteiger partial charge < -0.3 is 9.88 Å². The minimum Gasteiger partial charge on any atom is -0.361 e. The van der Waals surface area contributed by atoms with E-state index in [0.717, 1.165) is 61.5 Å². The Morgan fingerprint density at radius 3 is 2.41 bits per heavy atom. The molecular formula is C25H34F2N4O. The summed E-state index contributed by atoms with van der Waals surface area (Å²) in [6.07, 6.45) is 6.88. The molecule has 2 saturated heterocycles. The van der Waals surface area contributed by atoms with Crippen molar-refractivity contribution in [2.75, 3.05) is 45.8 Å². The lowest BCUT2D eigenvalue weighted by molar-refractivity contribution is 0.0573. The number of aromatic amines is 1. The number of amides is 1. The number of likely N-dealkylation sites (tertiary alicyclic amines) is 1. The number of hydrogen-bond acceptors (Lipinski definition) is 3. The monoisotopic (exact) mass is 444 g/mol. The second-order valence-electron chi connectivity index (χ2n) is 9.74. The number of nitrogens with zero attached hydrogens (tertiary/aromatic N) is 3. The molecule has 7 heteroatoms. The fourth-order valence-corrected chi connectivity index (χ4v) is 5.98. The van der Waals surface area contributed by atoms with E-state index in [2.05, 4.69) is 16.0 Å². The summed E-state index contributed by atoms with van der Waals surface area (Å²) in [6, 6.07) is 6.73. The van der Waals surface area contributed by atoms with Crippen LogP contribution in [0.15, 0.2) is 24.4 Å². The lowest BCUT2D eigenvalue weighted by Crippen LogP contribution is -2.51. The number of hydrogen-bond donors (Lipinski definition) is 1. The number of alkyl halides is 2. The van der Waals surface area contributed by atoms with E-state index in [9.17, 15) is 13.6 Å². The van der Waals surface area contributed by atoms with Gasteiger partial charge in [-0.1, -0.05) is 18.9 Å². The minimum atomic E-state index is -2.26. The van der Waals surface area contributed by atoms with E-state index in [1.807, 2.05) is 28.1 Å². The van der Waals surface area contributed by atoms with Crippen LogP contribution in [0.3, 0.4) is 0 Å². The first-order chi connectivity index (χ1) is 15.6. The van der Waals surface area contributed by atoms with E-state index in [0.29, 0.717) is 19.0 Å². The molecule has 1 aliphatic carbocycles. The molecule has 3 heterocycles. The van der Waals surface area contributed by atoms with Crippen molar-refractivity contribution in [2.24, 2.45) is 0 Å². The topological polar surface area (TPSA) is 42.6 Å². The Morgan fingerprint density at radius 1 is 1.00 bits per heavy atom. The number of halogens is 2. The van der Waals surface area contributed by atoms with Crippen molar-refractivity contribution in [3.63, 3.8) is 0 Å². The zero-order valence-corrected chi connectivity index (χ0v) is 18.7. The van der Waals surface area contributed by atoms with Crippen molar-refractivity contribution in [3.8, 4) is 0 Å². The van der Waals surface area contributed by atoms with Crippen molar-refractivity contribution < 1.29 is 13.6 Å². The van der Waals surface area contributed by atoms with Crippen molar-refractivity contribution in [3.05, 3.63) is 35.5 Å².